The summed E-state index contributed by atoms with van der Waals surface area (Å²) in [5.74, 6) is 1.10. The van der Waals surface area contributed by atoms with Crippen LogP contribution in [0, 0.1) is 0 Å². The highest BCUT2D eigenvalue weighted by atomic mass is 16.3. The van der Waals surface area contributed by atoms with Gasteiger partial charge in [-0.2, -0.15) is 0 Å². The van der Waals surface area contributed by atoms with Gasteiger partial charge in [-0.25, -0.2) is 0 Å². The van der Waals surface area contributed by atoms with Crippen LogP contribution in [0.5, 0.6) is 0 Å². The Bertz CT molecular complexity index is 391. The SMILES string of the molecule is CCCNCc1occc1CN1CCN(C)C(CC)C1. The molecule has 0 spiro atoms. The summed E-state index contributed by atoms with van der Waals surface area (Å²) < 4.78 is 5.63. The highest BCUT2D eigenvalue weighted by Crippen LogP contribution is 2.17. The van der Waals surface area contributed by atoms with Crippen LogP contribution >= 0.6 is 0 Å². The maximum atomic E-state index is 5.63. The molecule has 1 aliphatic rings. The van der Waals surface area contributed by atoms with E-state index in [0.717, 1.165) is 38.4 Å². The molecular formula is C16H29N3O. The summed E-state index contributed by atoms with van der Waals surface area (Å²) in [5, 5.41) is 3.42. The van der Waals surface area contributed by atoms with Crippen molar-refractivity contribution in [1.82, 2.24) is 15.1 Å². The lowest BCUT2D eigenvalue weighted by molar-refractivity contribution is 0.0879. The Morgan fingerprint density at radius 3 is 2.95 bits per heavy atom. The van der Waals surface area contributed by atoms with E-state index in [1.54, 1.807) is 0 Å². The number of rotatable bonds is 7. The lowest BCUT2D eigenvalue weighted by atomic mass is 10.1. The first kappa shape index (κ1) is 15.5. The van der Waals surface area contributed by atoms with E-state index in [9.17, 15) is 0 Å². The van der Waals surface area contributed by atoms with Gasteiger partial charge in [-0.05, 0) is 32.5 Å². The molecule has 1 aliphatic heterocycles. The van der Waals surface area contributed by atoms with Gasteiger partial charge in [-0.15, -0.1) is 0 Å². The average molecular weight is 279 g/mol. The average Bonchev–Trinajstić information content (AvgIpc) is 2.88. The van der Waals surface area contributed by atoms with Crippen LogP contribution in [-0.2, 0) is 13.1 Å². The lowest BCUT2D eigenvalue weighted by Crippen LogP contribution is -2.50. The molecule has 0 aliphatic carbocycles. The predicted molar refractivity (Wildman–Crippen MR) is 82.7 cm³/mol. The zero-order chi connectivity index (χ0) is 14.4. The van der Waals surface area contributed by atoms with E-state index in [-0.39, 0.29) is 0 Å². The number of nitrogens with one attached hydrogen (secondary N) is 1. The highest BCUT2D eigenvalue weighted by Gasteiger charge is 2.23. The number of nitrogens with zero attached hydrogens (tertiary/aromatic N) is 2. The molecule has 0 aromatic carbocycles. The molecule has 4 heteroatoms. The molecule has 20 heavy (non-hydrogen) atoms. The van der Waals surface area contributed by atoms with E-state index in [2.05, 4.69) is 42.1 Å². The Morgan fingerprint density at radius 2 is 2.20 bits per heavy atom. The van der Waals surface area contributed by atoms with Crippen molar-refractivity contribution >= 4 is 0 Å². The number of hydrogen-bond donors (Lipinski definition) is 1. The van der Waals surface area contributed by atoms with Gasteiger partial charge in [0, 0.05) is 37.8 Å². The second kappa shape index (κ2) is 7.81. The van der Waals surface area contributed by atoms with E-state index >= 15 is 0 Å². The van der Waals surface area contributed by atoms with Crippen molar-refractivity contribution in [2.45, 2.75) is 45.8 Å². The van der Waals surface area contributed by atoms with Crippen LogP contribution in [0.3, 0.4) is 0 Å². The van der Waals surface area contributed by atoms with E-state index in [0.29, 0.717) is 6.04 Å². The third-order valence-corrected chi connectivity index (χ3v) is 4.28. The molecule has 0 saturated carbocycles. The highest BCUT2D eigenvalue weighted by molar-refractivity contribution is 5.17. The van der Waals surface area contributed by atoms with Crippen LogP contribution in [0.25, 0.3) is 0 Å². The minimum Gasteiger partial charge on any atom is -0.468 e. The zero-order valence-corrected chi connectivity index (χ0v) is 13.2. The smallest absolute Gasteiger partial charge is 0.122 e. The normalized spacial score (nSPS) is 21.4. The number of hydrogen-bond acceptors (Lipinski definition) is 4. The molecule has 0 amide bonds. The van der Waals surface area contributed by atoms with Gasteiger partial charge in [0.05, 0.1) is 12.8 Å². The van der Waals surface area contributed by atoms with Crippen molar-refractivity contribution in [3.8, 4) is 0 Å². The van der Waals surface area contributed by atoms with E-state index in [1.165, 1.54) is 25.1 Å². The molecule has 1 aromatic rings. The summed E-state index contributed by atoms with van der Waals surface area (Å²) in [6, 6.07) is 2.82. The molecule has 2 heterocycles. The van der Waals surface area contributed by atoms with E-state index in [4.69, 9.17) is 4.42 Å². The fourth-order valence-corrected chi connectivity index (χ4v) is 2.88. The fourth-order valence-electron chi connectivity index (χ4n) is 2.88. The first-order valence-corrected chi connectivity index (χ1v) is 7.93. The van der Waals surface area contributed by atoms with Crippen LogP contribution in [0.4, 0.5) is 0 Å². The summed E-state index contributed by atoms with van der Waals surface area (Å²) in [5.41, 5.74) is 1.34. The maximum absolute atomic E-state index is 5.63. The summed E-state index contributed by atoms with van der Waals surface area (Å²) in [6.45, 7) is 10.9. The number of piperazine rings is 1. The van der Waals surface area contributed by atoms with E-state index < -0.39 is 0 Å². The van der Waals surface area contributed by atoms with Gasteiger partial charge in [0.15, 0.2) is 0 Å². The van der Waals surface area contributed by atoms with Gasteiger partial charge < -0.3 is 14.6 Å². The summed E-state index contributed by atoms with van der Waals surface area (Å²) in [7, 11) is 2.24. The minimum absolute atomic E-state index is 0.692. The number of furan rings is 1. The Kier molecular flexibility index (Phi) is 6.07. The Hall–Kier alpha value is -0.840. The minimum atomic E-state index is 0.692. The molecular weight excluding hydrogens is 250 g/mol. The number of likely N-dealkylation sites (N-methyl/N-ethyl adjacent to an activating group) is 1. The van der Waals surface area contributed by atoms with Gasteiger partial charge in [0.2, 0.25) is 0 Å². The molecule has 1 aromatic heterocycles. The summed E-state index contributed by atoms with van der Waals surface area (Å²) in [6.07, 6.45) is 4.21. The molecule has 2 rings (SSSR count). The van der Waals surface area contributed by atoms with Crippen LogP contribution in [0.15, 0.2) is 16.7 Å². The topological polar surface area (TPSA) is 31.7 Å². The Morgan fingerprint density at radius 1 is 1.35 bits per heavy atom. The largest absolute Gasteiger partial charge is 0.468 e. The van der Waals surface area contributed by atoms with Crippen molar-refractivity contribution in [3.63, 3.8) is 0 Å². The van der Waals surface area contributed by atoms with Gasteiger partial charge in [0.1, 0.15) is 5.76 Å². The summed E-state index contributed by atoms with van der Waals surface area (Å²) >= 11 is 0. The molecule has 114 valence electrons. The van der Waals surface area contributed by atoms with Gasteiger partial charge in [0.25, 0.3) is 0 Å². The van der Waals surface area contributed by atoms with Gasteiger partial charge in [-0.1, -0.05) is 13.8 Å². The molecule has 0 radical (unpaired) electrons. The Balaban J connectivity index is 1.88. The first-order chi connectivity index (χ1) is 9.74. The molecule has 1 fully saturated rings. The van der Waals surface area contributed by atoms with Crippen LogP contribution < -0.4 is 5.32 Å². The van der Waals surface area contributed by atoms with E-state index in [1.807, 2.05) is 6.26 Å². The van der Waals surface area contributed by atoms with Crippen LogP contribution in [0.1, 0.15) is 38.0 Å². The third-order valence-electron chi connectivity index (χ3n) is 4.28. The quantitative estimate of drug-likeness (QED) is 0.776. The van der Waals surface area contributed by atoms with Crippen LogP contribution in [0.2, 0.25) is 0 Å². The molecule has 1 unspecified atom stereocenters. The second-order valence-electron chi connectivity index (χ2n) is 5.82. The van der Waals surface area contributed by atoms with Crippen LogP contribution in [-0.4, -0.2) is 49.1 Å². The molecule has 1 saturated heterocycles. The molecule has 4 nitrogen and oxygen atoms in total. The van der Waals surface area contributed by atoms with Crippen molar-refractivity contribution in [3.05, 3.63) is 23.7 Å². The predicted octanol–water partition coefficient (Wildman–Crippen LogP) is 2.31. The molecule has 0 bridgehead atoms. The van der Waals surface area contributed by atoms with Crippen molar-refractivity contribution in [2.24, 2.45) is 0 Å². The standard InChI is InChI=1S/C16H29N3O/c1-4-7-17-11-16-14(6-10-20-16)12-19-9-8-18(3)15(5-2)13-19/h6,10,15,17H,4-5,7-9,11-13H2,1-3H3. The van der Waals surface area contributed by atoms with Crippen molar-refractivity contribution < 1.29 is 4.42 Å². The summed E-state index contributed by atoms with van der Waals surface area (Å²) in [4.78, 5) is 5.04. The maximum Gasteiger partial charge on any atom is 0.122 e. The third kappa shape index (κ3) is 4.08. The van der Waals surface area contributed by atoms with Crippen molar-refractivity contribution in [2.75, 3.05) is 33.2 Å². The zero-order valence-electron chi connectivity index (χ0n) is 13.2. The lowest BCUT2D eigenvalue weighted by Gasteiger charge is -2.39. The van der Waals surface area contributed by atoms with Gasteiger partial charge in [-0.3, -0.25) is 4.90 Å². The first-order valence-electron chi connectivity index (χ1n) is 7.93. The molecule has 1 atom stereocenters. The fraction of sp³-hybridized carbons (Fsp3) is 0.750. The monoisotopic (exact) mass is 279 g/mol. The Labute approximate surface area is 123 Å². The van der Waals surface area contributed by atoms with Gasteiger partial charge >= 0.3 is 0 Å². The molecule has 1 N–H and O–H groups in total. The van der Waals surface area contributed by atoms with Crippen molar-refractivity contribution in [1.29, 1.82) is 0 Å². The second-order valence-corrected chi connectivity index (χ2v) is 5.82.